The van der Waals surface area contributed by atoms with Crippen LogP contribution in [0.3, 0.4) is 0 Å². The summed E-state index contributed by atoms with van der Waals surface area (Å²) in [6.45, 7) is 2.83. The molecule has 0 aliphatic carbocycles. The zero-order chi connectivity index (χ0) is 11.5. The van der Waals surface area contributed by atoms with E-state index in [1.165, 1.54) is 0 Å². The average Bonchev–Trinajstić information content (AvgIpc) is 2.78. The van der Waals surface area contributed by atoms with E-state index in [4.69, 9.17) is 10.3 Å². The smallest absolute Gasteiger partial charge is 0.278 e. The fraction of sp³-hybridized carbons (Fsp3) is 0.300. The molecule has 0 unspecified atom stereocenters. The number of aromatic nitrogens is 3. The van der Waals surface area contributed by atoms with Crippen LogP contribution in [0.1, 0.15) is 6.92 Å². The van der Waals surface area contributed by atoms with E-state index in [1.54, 1.807) is 18.3 Å². The molecule has 0 aliphatic rings. The van der Waals surface area contributed by atoms with Crippen molar-refractivity contribution < 1.29 is 4.52 Å². The van der Waals surface area contributed by atoms with Crippen LogP contribution in [0.25, 0.3) is 11.6 Å². The Morgan fingerprint density at radius 2 is 2.25 bits per heavy atom. The number of pyridine rings is 1. The predicted molar refractivity (Wildman–Crippen MR) is 60.9 cm³/mol. The molecule has 6 heteroatoms. The van der Waals surface area contributed by atoms with Gasteiger partial charge < -0.3 is 15.2 Å². The molecule has 16 heavy (non-hydrogen) atoms. The first-order chi connectivity index (χ1) is 7.70. The Balaban J connectivity index is 2.28. The van der Waals surface area contributed by atoms with Crippen LogP contribution in [0.2, 0.25) is 0 Å². The van der Waals surface area contributed by atoms with Crippen LogP contribution in [0.15, 0.2) is 22.9 Å². The Morgan fingerprint density at radius 1 is 1.44 bits per heavy atom. The molecule has 0 saturated carbocycles. The highest BCUT2D eigenvalue weighted by molar-refractivity contribution is 5.51. The summed E-state index contributed by atoms with van der Waals surface area (Å²) < 4.78 is 5.11. The van der Waals surface area contributed by atoms with Crippen molar-refractivity contribution in [2.75, 3.05) is 24.2 Å². The molecule has 0 radical (unpaired) electrons. The Bertz CT molecular complexity index is 464. The Morgan fingerprint density at radius 3 is 2.88 bits per heavy atom. The third kappa shape index (κ3) is 1.95. The monoisotopic (exact) mass is 219 g/mol. The Labute approximate surface area is 93.1 Å². The fourth-order valence-electron chi connectivity index (χ4n) is 1.15. The van der Waals surface area contributed by atoms with Crippen molar-refractivity contribution in [1.29, 1.82) is 0 Å². The molecule has 6 nitrogen and oxygen atoms in total. The lowest BCUT2D eigenvalue weighted by Gasteiger charge is -2.08. The fourth-order valence-corrected chi connectivity index (χ4v) is 1.15. The zero-order valence-corrected chi connectivity index (χ0v) is 9.21. The molecule has 2 heterocycles. The average molecular weight is 219 g/mol. The van der Waals surface area contributed by atoms with Gasteiger partial charge in [-0.15, -0.1) is 0 Å². The van der Waals surface area contributed by atoms with Crippen molar-refractivity contribution in [3.05, 3.63) is 18.3 Å². The number of nitrogens with two attached hydrogens (primary N) is 1. The maximum Gasteiger partial charge on any atom is 0.278 e. The van der Waals surface area contributed by atoms with Gasteiger partial charge in [-0.05, 0) is 24.2 Å². The number of anilines is 2. The van der Waals surface area contributed by atoms with Gasteiger partial charge in [0.25, 0.3) is 11.8 Å². The van der Waals surface area contributed by atoms with Crippen LogP contribution in [-0.2, 0) is 0 Å². The second-order valence-corrected chi connectivity index (χ2v) is 3.39. The van der Waals surface area contributed by atoms with Gasteiger partial charge >= 0.3 is 0 Å². The van der Waals surface area contributed by atoms with Gasteiger partial charge in [0.2, 0.25) is 0 Å². The molecule has 2 N–H and O–H groups in total. The largest absolute Gasteiger partial charge is 0.397 e. The maximum atomic E-state index is 5.54. The maximum absolute atomic E-state index is 5.54. The number of hydrogen-bond acceptors (Lipinski definition) is 6. The lowest BCUT2D eigenvalue weighted by atomic mass is 10.3. The van der Waals surface area contributed by atoms with E-state index in [9.17, 15) is 0 Å². The van der Waals surface area contributed by atoms with Crippen LogP contribution in [0.4, 0.5) is 11.6 Å². The molecule has 2 aromatic heterocycles. The molecule has 2 rings (SSSR count). The summed E-state index contributed by atoms with van der Waals surface area (Å²) in [5.41, 5.74) is 6.77. The van der Waals surface area contributed by atoms with Gasteiger partial charge in [0.15, 0.2) is 0 Å². The summed E-state index contributed by atoms with van der Waals surface area (Å²) in [6, 6.07) is 3.49. The topological polar surface area (TPSA) is 81.1 Å². The first-order valence-corrected chi connectivity index (χ1v) is 4.97. The van der Waals surface area contributed by atoms with Crippen LogP contribution in [0.5, 0.6) is 0 Å². The van der Waals surface area contributed by atoms with E-state index in [0.29, 0.717) is 23.2 Å². The lowest BCUT2D eigenvalue weighted by Crippen LogP contribution is -2.16. The van der Waals surface area contributed by atoms with Crippen molar-refractivity contribution >= 4 is 11.6 Å². The highest BCUT2D eigenvalue weighted by Crippen LogP contribution is 2.18. The molecule has 0 atom stereocenters. The van der Waals surface area contributed by atoms with Crippen molar-refractivity contribution in [2.24, 2.45) is 0 Å². The first-order valence-electron chi connectivity index (χ1n) is 4.97. The number of nitrogen functional groups attached to an aromatic ring is 1. The summed E-state index contributed by atoms with van der Waals surface area (Å²) in [5, 5.41) is 3.85. The summed E-state index contributed by atoms with van der Waals surface area (Å²) in [4.78, 5) is 10.2. The molecule has 0 fully saturated rings. The molecule has 0 aromatic carbocycles. The molecule has 0 aliphatic heterocycles. The Hall–Kier alpha value is -2.11. The Kier molecular flexibility index (Phi) is 2.72. The van der Waals surface area contributed by atoms with Gasteiger partial charge in [0, 0.05) is 13.6 Å². The summed E-state index contributed by atoms with van der Waals surface area (Å²) in [7, 11) is 1.89. The van der Waals surface area contributed by atoms with Gasteiger partial charge in [-0.25, -0.2) is 4.98 Å². The molecule has 2 aromatic rings. The van der Waals surface area contributed by atoms with Crippen LogP contribution >= 0.6 is 0 Å². The zero-order valence-electron chi connectivity index (χ0n) is 9.21. The van der Waals surface area contributed by atoms with Gasteiger partial charge in [-0.2, -0.15) is 4.98 Å². The van der Waals surface area contributed by atoms with E-state index in [2.05, 4.69) is 15.1 Å². The van der Waals surface area contributed by atoms with Crippen molar-refractivity contribution in [2.45, 2.75) is 6.92 Å². The number of hydrogen-bond donors (Lipinski definition) is 1. The molecular weight excluding hydrogens is 206 g/mol. The molecule has 0 amide bonds. The lowest BCUT2D eigenvalue weighted by molar-refractivity contribution is 0.429. The molecule has 84 valence electrons. The predicted octanol–water partition coefficient (Wildman–Crippen LogP) is 1.17. The minimum Gasteiger partial charge on any atom is -0.397 e. The second kappa shape index (κ2) is 4.18. The standard InChI is InChI=1S/C10H13N5O/c1-3-15(2)10-13-9(16-14-10)8-5-4-7(11)6-12-8/h4-6H,3,11H2,1-2H3. The van der Waals surface area contributed by atoms with Crippen LogP contribution < -0.4 is 10.6 Å². The minimum atomic E-state index is 0.398. The first kappa shape index (κ1) is 10.4. The van der Waals surface area contributed by atoms with E-state index >= 15 is 0 Å². The van der Waals surface area contributed by atoms with Crippen LogP contribution in [-0.4, -0.2) is 28.7 Å². The quantitative estimate of drug-likeness (QED) is 0.834. The highest BCUT2D eigenvalue weighted by Gasteiger charge is 2.11. The third-order valence-electron chi connectivity index (χ3n) is 2.24. The van der Waals surface area contributed by atoms with E-state index in [1.807, 2.05) is 18.9 Å². The number of rotatable bonds is 3. The van der Waals surface area contributed by atoms with Crippen molar-refractivity contribution in [3.63, 3.8) is 0 Å². The molecule has 0 spiro atoms. The second-order valence-electron chi connectivity index (χ2n) is 3.39. The minimum absolute atomic E-state index is 0.398. The molecular formula is C10H13N5O. The normalized spacial score (nSPS) is 10.4. The number of nitrogens with zero attached hydrogens (tertiary/aromatic N) is 4. The molecule has 0 bridgehead atoms. The summed E-state index contributed by atoms with van der Waals surface area (Å²) >= 11 is 0. The SMILES string of the molecule is CCN(C)c1noc(-c2ccc(N)cn2)n1. The van der Waals surface area contributed by atoms with E-state index in [0.717, 1.165) is 6.54 Å². The van der Waals surface area contributed by atoms with E-state index in [-0.39, 0.29) is 0 Å². The van der Waals surface area contributed by atoms with Crippen LogP contribution in [0, 0.1) is 0 Å². The van der Waals surface area contributed by atoms with Crippen molar-refractivity contribution in [3.8, 4) is 11.6 Å². The van der Waals surface area contributed by atoms with E-state index < -0.39 is 0 Å². The van der Waals surface area contributed by atoms with Gasteiger partial charge in [0.05, 0.1) is 11.9 Å². The summed E-state index contributed by atoms with van der Waals surface area (Å²) in [5.74, 6) is 0.950. The van der Waals surface area contributed by atoms with Crippen molar-refractivity contribution in [1.82, 2.24) is 15.1 Å². The highest BCUT2D eigenvalue weighted by atomic mass is 16.5. The van der Waals surface area contributed by atoms with Gasteiger partial charge in [0.1, 0.15) is 5.69 Å². The summed E-state index contributed by atoms with van der Waals surface area (Å²) in [6.07, 6.45) is 1.56. The molecule has 0 saturated heterocycles. The third-order valence-corrected chi connectivity index (χ3v) is 2.24. The van der Waals surface area contributed by atoms with Gasteiger partial charge in [-0.3, -0.25) is 0 Å². The van der Waals surface area contributed by atoms with Gasteiger partial charge in [-0.1, -0.05) is 0 Å².